The molecule has 2 aromatic carbocycles. The first kappa shape index (κ1) is 20.4. The predicted molar refractivity (Wildman–Crippen MR) is 129 cm³/mol. The number of hydrogen-bond acceptors (Lipinski definition) is 6. The van der Waals surface area contributed by atoms with Gasteiger partial charge in [-0.25, -0.2) is 0 Å². The van der Waals surface area contributed by atoms with Crippen molar-refractivity contribution >= 4 is 51.5 Å². The summed E-state index contributed by atoms with van der Waals surface area (Å²) in [4.78, 5) is 19.6. The summed E-state index contributed by atoms with van der Waals surface area (Å²) < 4.78 is 0. The van der Waals surface area contributed by atoms with Crippen LogP contribution < -0.4 is 9.80 Å². The second-order valence-electron chi connectivity index (χ2n) is 7.78. The molecule has 0 unspecified atom stereocenters. The zero-order chi connectivity index (χ0) is 21.2. The maximum absolute atomic E-state index is 13.1. The van der Waals surface area contributed by atoms with Crippen LogP contribution in [0, 0.1) is 0 Å². The summed E-state index contributed by atoms with van der Waals surface area (Å²) in [5, 5.41) is 11.6. The summed E-state index contributed by atoms with van der Waals surface area (Å²) in [6.45, 7) is 4.97. The van der Waals surface area contributed by atoms with Crippen molar-refractivity contribution in [1.29, 1.82) is 0 Å². The molecule has 0 bridgehead atoms. The van der Waals surface area contributed by atoms with Gasteiger partial charge in [-0.2, -0.15) is 11.8 Å². The highest BCUT2D eigenvalue weighted by molar-refractivity contribution is 7.99. The topological polar surface area (TPSA) is 52.6 Å². The predicted octanol–water partition coefficient (Wildman–Crippen LogP) is 3.80. The van der Waals surface area contributed by atoms with Gasteiger partial charge in [-0.3, -0.25) is 4.79 Å². The van der Waals surface area contributed by atoms with E-state index in [-0.39, 0.29) is 5.91 Å². The van der Waals surface area contributed by atoms with E-state index in [1.165, 1.54) is 0 Å². The Morgan fingerprint density at radius 3 is 2.29 bits per heavy atom. The van der Waals surface area contributed by atoms with Gasteiger partial charge in [-0.05, 0) is 18.2 Å². The Kier molecular flexibility index (Phi) is 5.87. The number of aromatic nitrogens is 2. The number of benzene rings is 2. The number of nitrogens with zero attached hydrogens (tertiary/aromatic N) is 5. The van der Waals surface area contributed by atoms with E-state index < -0.39 is 0 Å². The monoisotopic (exact) mass is 453 g/mol. The van der Waals surface area contributed by atoms with Crippen molar-refractivity contribution in [2.45, 2.75) is 0 Å². The molecule has 31 heavy (non-hydrogen) atoms. The normalized spacial score (nSPS) is 17.3. The van der Waals surface area contributed by atoms with Crippen LogP contribution in [0.15, 0.2) is 48.5 Å². The molecule has 0 radical (unpaired) electrons. The second-order valence-corrected chi connectivity index (χ2v) is 9.44. The zero-order valence-corrected chi connectivity index (χ0v) is 18.8. The lowest BCUT2D eigenvalue weighted by Gasteiger charge is -2.37. The zero-order valence-electron chi connectivity index (χ0n) is 17.2. The maximum Gasteiger partial charge on any atom is 0.275 e. The van der Waals surface area contributed by atoms with Crippen molar-refractivity contribution in [1.82, 2.24) is 15.1 Å². The molecule has 3 heterocycles. The quantitative estimate of drug-likeness (QED) is 0.601. The van der Waals surface area contributed by atoms with Gasteiger partial charge in [0.25, 0.3) is 5.91 Å². The van der Waals surface area contributed by atoms with Gasteiger partial charge in [0, 0.05) is 72.3 Å². The fourth-order valence-corrected chi connectivity index (χ4v) is 5.33. The number of carbonyl (C=O) groups is 1. The van der Waals surface area contributed by atoms with E-state index in [0.717, 1.165) is 78.1 Å². The minimum absolute atomic E-state index is 0.0127. The molecule has 2 fully saturated rings. The molecule has 5 rings (SSSR count). The molecular formula is C23H24ClN5OS. The van der Waals surface area contributed by atoms with Gasteiger partial charge in [0.15, 0.2) is 11.5 Å². The summed E-state index contributed by atoms with van der Waals surface area (Å²) in [6, 6.07) is 16.0. The summed E-state index contributed by atoms with van der Waals surface area (Å²) in [7, 11) is 0. The second kappa shape index (κ2) is 8.93. The van der Waals surface area contributed by atoms with E-state index in [1.807, 2.05) is 59.1 Å². The fourth-order valence-electron chi connectivity index (χ4n) is 4.25. The van der Waals surface area contributed by atoms with Crippen LogP contribution in [0.2, 0.25) is 5.02 Å². The van der Waals surface area contributed by atoms with Crippen LogP contribution in [0.3, 0.4) is 0 Å². The number of piperazine rings is 1. The van der Waals surface area contributed by atoms with E-state index in [9.17, 15) is 4.79 Å². The number of amides is 1. The average Bonchev–Trinajstić information content (AvgIpc) is 2.84. The van der Waals surface area contributed by atoms with E-state index >= 15 is 0 Å². The Balaban J connectivity index is 1.39. The van der Waals surface area contributed by atoms with E-state index in [2.05, 4.69) is 26.1 Å². The lowest BCUT2D eigenvalue weighted by molar-refractivity contribution is 0.0767. The fraction of sp³-hybridized carbons (Fsp3) is 0.348. The summed E-state index contributed by atoms with van der Waals surface area (Å²) in [6.07, 6.45) is 0. The maximum atomic E-state index is 13.1. The molecule has 160 valence electrons. The molecule has 2 aliphatic heterocycles. The van der Waals surface area contributed by atoms with Crippen LogP contribution in [0.4, 0.5) is 11.5 Å². The smallest absolute Gasteiger partial charge is 0.275 e. The molecule has 3 aromatic rings. The number of carbonyl (C=O) groups excluding carboxylic acids is 1. The van der Waals surface area contributed by atoms with Crippen molar-refractivity contribution in [3.8, 4) is 0 Å². The Morgan fingerprint density at radius 1 is 0.839 bits per heavy atom. The Hall–Kier alpha value is -2.51. The van der Waals surface area contributed by atoms with Gasteiger partial charge in [-0.15, -0.1) is 10.2 Å². The van der Waals surface area contributed by atoms with Gasteiger partial charge >= 0.3 is 0 Å². The molecule has 6 nitrogen and oxygen atoms in total. The molecule has 2 saturated heterocycles. The molecule has 2 aliphatic rings. The first-order valence-corrected chi connectivity index (χ1v) is 12.1. The van der Waals surface area contributed by atoms with Gasteiger partial charge in [0.2, 0.25) is 0 Å². The third kappa shape index (κ3) is 4.16. The van der Waals surface area contributed by atoms with Crippen LogP contribution in [0.1, 0.15) is 10.5 Å². The van der Waals surface area contributed by atoms with Crippen molar-refractivity contribution in [3.63, 3.8) is 0 Å². The Bertz CT molecular complexity index is 1100. The summed E-state index contributed by atoms with van der Waals surface area (Å²) in [5.74, 6) is 2.80. The molecule has 0 saturated carbocycles. The van der Waals surface area contributed by atoms with Gasteiger partial charge in [0.05, 0.1) is 0 Å². The number of hydrogen-bond donors (Lipinski definition) is 0. The lowest BCUT2D eigenvalue weighted by atomic mass is 10.1. The van der Waals surface area contributed by atoms with Crippen molar-refractivity contribution in [2.24, 2.45) is 0 Å². The Labute approximate surface area is 191 Å². The number of fused-ring (bicyclic) bond motifs is 1. The molecule has 0 N–H and O–H groups in total. The number of anilines is 2. The highest BCUT2D eigenvalue weighted by atomic mass is 35.5. The Morgan fingerprint density at radius 2 is 1.55 bits per heavy atom. The average molecular weight is 454 g/mol. The van der Waals surface area contributed by atoms with Gasteiger partial charge < -0.3 is 14.7 Å². The van der Waals surface area contributed by atoms with Crippen LogP contribution in [0.5, 0.6) is 0 Å². The summed E-state index contributed by atoms with van der Waals surface area (Å²) >= 11 is 8.05. The molecule has 1 amide bonds. The summed E-state index contributed by atoms with van der Waals surface area (Å²) in [5.41, 5.74) is 1.60. The highest BCUT2D eigenvalue weighted by Gasteiger charge is 2.25. The molecule has 0 aliphatic carbocycles. The minimum Gasteiger partial charge on any atom is -0.368 e. The molecule has 0 spiro atoms. The van der Waals surface area contributed by atoms with Crippen LogP contribution >= 0.6 is 23.4 Å². The van der Waals surface area contributed by atoms with E-state index in [0.29, 0.717) is 5.69 Å². The van der Waals surface area contributed by atoms with E-state index in [4.69, 9.17) is 11.6 Å². The molecule has 8 heteroatoms. The van der Waals surface area contributed by atoms with Crippen LogP contribution in [-0.2, 0) is 0 Å². The number of rotatable bonds is 3. The minimum atomic E-state index is -0.0127. The molecule has 1 aromatic heterocycles. The first-order chi connectivity index (χ1) is 15.2. The van der Waals surface area contributed by atoms with Gasteiger partial charge in [0.1, 0.15) is 0 Å². The third-order valence-electron chi connectivity index (χ3n) is 5.92. The molecule has 0 atom stereocenters. The number of thioether (sulfide) groups is 1. The van der Waals surface area contributed by atoms with Crippen molar-refractivity contribution in [3.05, 3.63) is 59.2 Å². The van der Waals surface area contributed by atoms with Crippen LogP contribution in [0.25, 0.3) is 10.8 Å². The standard InChI is InChI=1S/C23H24ClN5OS/c24-17-4-3-5-18(16-17)27-8-10-28(11-9-27)22-20-7-2-1-6-19(20)21(25-26-22)23(30)29-12-14-31-15-13-29/h1-7,16H,8-15H2. The lowest BCUT2D eigenvalue weighted by Crippen LogP contribution is -2.47. The molecular weight excluding hydrogens is 430 g/mol. The largest absolute Gasteiger partial charge is 0.368 e. The van der Waals surface area contributed by atoms with Crippen molar-refractivity contribution < 1.29 is 4.79 Å². The van der Waals surface area contributed by atoms with Crippen molar-refractivity contribution in [2.75, 3.05) is 60.6 Å². The van der Waals surface area contributed by atoms with Crippen LogP contribution in [-0.4, -0.2) is 71.8 Å². The SMILES string of the molecule is O=C(c1nnc(N2CCN(c3cccc(Cl)c3)CC2)c2ccccc12)N1CCSCC1. The first-order valence-electron chi connectivity index (χ1n) is 10.6. The highest BCUT2D eigenvalue weighted by Crippen LogP contribution is 2.29. The number of halogens is 1. The van der Waals surface area contributed by atoms with Gasteiger partial charge in [-0.1, -0.05) is 41.9 Å². The van der Waals surface area contributed by atoms with E-state index in [1.54, 1.807) is 0 Å². The third-order valence-corrected chi connectivity index (χ3v) is 7.10.